The van der Waals surface area contributed by atoms with Gasteiger partial charge in [0, 0.05) is 18.8 Å². The van der Waals surface area contributed by atoms with Gasteiger partial charge in [0.05, 0.1) is 13.2 Å². The molecule has 0 fully saturated rings. The molecule has 0 aliphatic carbocycles. The highest BCUT2D eigenvalue weighted by Gasteiger charge is 2.09. The molecule has 122 valence electrons. The van der Waals surface area contributed by atoms with E-state index in [0.717, 1.165) is 30.6 Å². The molecule has 4 nitrogen and oxygen atoms in total. The van der Waals surface area contributed by atoms with Crippen LogP contribution in [0.2, 0.25) is 0 Å². The van der Waals surface area contributed by atoms with Crippen molar-refractivity contribution in [3.8, 4) is 5.75 Å². The number of aromatic nitrogens is 1. The van der Waals surface area contributed by atoms with Crippen LogP contribution in [0.4, 0.5) is 0 Å². The maximum Gasteiger partial charge on any atom is 0.220 e. The lowest BCUT2D eigenvalue weighted by Crippen LogP contribution is -2.26. The molecular weight excluding hydrogens is 288 g/mol. The van der Waals surface area contributed by atoms with E-state index >= 15 is 0 Å². The van der Waals surface area contributed by atoms with Crippen molar-refractivity contribution in [1.29, 1.82) is 0 Å². The first-order valence-electron chi connectivity index (χ1n) is 8.01. The molecule has 0 aliphatic rings. The van der Waals surface area contributed by atoms with Crippen LogP contribution < -0.4 is 10.1 Å². The summed E-state index contributed by atoms with van der Waals surface area (Å²) in [7, 11) is 1.67. The third-order valence-electron chi connectivity index (χ3n) is 3.84. The summed E-state index contributed by atoms with van der Waals surface area (Å²) in [5, 5.41) is 3.01. The Morgan fingerprint density at radius 3 is 2.65 bits per heavy atom. The summed E-state index contributed by atoms with van der Waals surface area (Å²) in [5.74, 6) is 0.966. The van der Waals surface area contributed by atoms with Crippen molar-refractivity contribution in [2.45, 2.75) is 38.6 Å². The molecule has 1 N–H and O–H groups in total. The van der Waals surface area contributed by atoms with Gasteiger partial charge in [0.2, 0.25) is 5.91 Å². The van der Waals surface area contributed by atoms with E-state index in [4.69, 9.17) is 4.74 Å². The quantitative estimate of drug-likeness (QED) is 0.757. The van der Waals surface area contributed by atoms with Gasteiger partial charge >= 0.3 is 0 Å². The van der Waals surface area contributed by atoms with Crippen LogP contribution in [0.3, 0.4) is 0 Å². The number of unbranched alkanes of at least 4 members (excludes halogenated alkanes) is 1. The maximum absolute atomic E-state index is 12.0. The third kappa shape index (κ3) is 5.74. The number of hydrogen-bond acceptors (Lipinski definition) is 3. The van der Waals surface area contributed by atoms with E-state index in [9.17, 15) is 4.79 Å². The predicted molar refractivity (Wildman–Crippen MR) is 91.3 cm³/mol. The second-order valence-corrected chi connectivity index (χ2v) is 5.63. The SMILES string of the molecule is COc1ccc(CCCCC(=O)N[C@H](C)c2cccnc2)cc1. The predicted octanol–water partition coefficient (Wildman–Crippen LogP) is 3.68. The zero-order valence-electron chi connectivity index (χ0n) is 13.8. The van der Waals surface area contributed by atoms with Gasteiger partial charge in [-0.05, 0) is 55.5 Å². The van der Waals surface area contributed by atoms with Gasteiger partial charge in [0.15, 0.2) is 0 Å². The number of pyridine rings is 1. The Labute approximate surface area is 137 Å². The largest absolute Gasteiger partial charge is 0.497 e. The van der Waals surface area contributed by atoms with Crippen LogP contribution in [0, 0.1) is 0 Å². The minimum absolute atomic E-state index is 0.00205. The minimum atomic E-state index is -0.00205. The summed E-state index contributed by atoms with van der Waals surface area (Å²) in [6.45, 7) is 1.98. The number of hydrogen-bond donors (Lipinski definition) is 1. The average Bonchev–Trinajstić information content (AvgIpc) is 2.60. The van der Waals surface area contributed by atoms with Crippen molar-refractivity contribution in [3.63, 3.8) is 0 Å². The fourth-order valence-electron chi connectivity index (χ4n) is 2.44. The number of ether oxygens (including phenoxy) is 1. The number of carbonyl (C=O) groups is 1. The van der Waals surface area contributed by atoms with Crippen molar-refractivity contribution in [3.05, 3.63) is 59.9 Å². The summed E-state index contributed by atoms with van der Waals surface area (Å²) in [6, 6.07) is 11.9. The molecule has 1 aromatic carbocycles. The van der Waals surface area contributed by atoms with E-state index in [0.29, 0.717) is 6.42 Å². The summed E-state index contributed by atoms with van der Waals surface area (Å²) in [4.78, 5) is 16.0. The molecule has 1 heterocycles. The first-order valence-corrected chi connectivity index (χ1v) is 8.01. The Bertz CT molecular complexity index is 597. The van der Waals surface area contributed by atoms with E-state index in [1.165, 1.54) is 5.56 Å². The van der Waals surface area contributed by atoms with E-state index in [-0.39, 0.29) is 11.9 Å². The first-order chi connectivity index (χ1) is 11.2. The number of nitrogens with zero attached hydrogens (tertiary/aromatic N) is 1. The molecular formula is C19H24N2O2. The molecule has 0 radical (unpaired) electrons. The Hall–Kier alpha value is -2.36. The van der Waals surface area contributed by atoms with Gasteiger partial charge in [0.25, 0.3) is 0 Å². The van der Waals surface area contributed by atoms with Gasteiger partial charge < -0.3 is 10.1 Å². The Morgan fingerprint density at radius 2 is 2.00 bits per heavy atom. The summed E-state index contributed by atoms with van der Waals surface area (Å²) >= 11 is 0. The van der Waals surface area contributed by atoms with Crippen molar-refractivity contribution in [2.24, 2.45) is 0 Å². The molecule has 0 saturated heterocycles. The van der Waals surface area contributed by atoms with Crippen molar-refractivity contribution >= 4 is 5.91 Å². The zero-order valence-corrected chi connectivity index (χ0v) is 13.8. The zero-order chi connectivity index (χ0) is 16.5. The Kier molecular flexibility index (Phi) is 6.60. The number of benzene rings is 1. The average molecular weight is 312 g/mol. The summed E-state index contributed by atoms with van der Waals surface area (Å²) < 4.78 is 5.14. The van der Waals surface area contributed by atoms with Crippen LogP contribution in [0.15, 0.2) is 48.8 Å². The number of rotatable bonds is 8. The van der Waals surface area contributed by atoms with Gasteiger partial charge in [-0.1, -0.05) is 18.2 Å². The fraction of sp³-hybridized carbons (Fsp3) is 0.368. The Balaban J connectivity index is 1.66. The molecule has 0 aliphatic heterocycles. The minimum Gasteiger partial charge on any atom is -0.497 e. The second kappa shape index (κ2) is 8.93. The van der Waals surface area contributed by atoms with Crippen molar-refractivity contribution in [1.82, 2.24) is 10.3 Å². The molecule has 2 rings (SSSR count). The standard InChI is InChI=1S/C19H24N2O2/c1-15(17-7-5-13-20-14-17)21-19(22)8-4-3-6-16-9-11-18(23-2)12-10-16/h5,7,9-15H,3-4,6,8H2,1-2H3,(H,21,22)/t15-/m1/s1. The number of carbonyl (C=O) groups excluding carboxylic acids is 1. The number of nitrogens with one attached hydrogen (secondary N) is 1. The van der Waals surface area contributed by atoms with Crippen LogP contribution in [0.25, 0.3) is 0 Å². The second-order valence-electron chi connectivity index (χ2n) is 5.63. The number of methoxy groups -OCH3 is 1. The van der Waals surface area contributed by atoms with Crippen LogP contribution >= 0.6 is 0 Å². The highest BCUT2D eigenvalue weighted by atomic mass is 16.5. The smallest absolute Gasteiger partial charge is 0.220 e. The van der Waals surface area contributed by atoms with E-state index in [1.54, 1.807) is 19.5 Å². The fourth-order valence-corrected chi connectivity index (χ4v) is 2.44. The van der Waals surface area contributed by atoms with Gasteiger partial charge in [-0.25, -0.2) is 0 Å². The molecule has 2 aromatic rings. The van der Waals surface area contributed by atoms with Gasteiger partial charge in [-0.15, -0.1) is 0 Å². The van der Waals surface area contributed by atoms with Crippen molar-refractivity contribution in [2.75, 3.05) is 7.11 Å². The van der Waals surface area contributed by atoms with Crippen molar-refractivity contribution < 1.29 is 9.53 Å². The molecule has 0 unspecified atom stereocenters. The highest BCUT2D eigenvalue weighted by molar-refractivity contribution is 5.76. The van der Waals surface area contributed by atoms with E-state index < -0.39 is 0 Å². The van der Waals surface area contributed by atoms with Crippen LogP contribution in [-0.4, -0.2) is 18.0 Å². The summed E-state index contributed by atoms with van der Waals surface area (Å²) in [5.41, 5.74) is 2.30. The maximum atomic E-state index is 12.0. The lowest BCUT2D eigenvalue weighted by Gasteiger charge is -2.13. The highest BCUT2D eigenvalue weighted by Crippen LogP contribution is 2.14. The first kappa shape index (κ1) is 17.0. The van der Waals surface area contributed by atoms with Gasteiger partial charge in [0.1, 0.15) is 5.75 Å². The monoisotopic (exact) mass is 312 g/mol. The summed E-state index contributed by atoms with van der Waals surface area (Å²) in [6.07, 6.45) is 6.95. The molecule has 0 saturated carbocycles. The van der Waals surface area contributed by atoms with Gasteiger partial charge in [-0.2, -0.15) is 0 Å². The number of aryl methyl sites for hydroxylation is 1. The topological polar surface area (TPSA) is 51.2 Å². The normalized spacial score (nSPS) is 11.7. The van der Waals surface area contributed by atoms with Crippen LogP contribution in [-0.2, 0) is 11.2 Å². The lowest BCUT2D eigenvalue weighted by molar-refractivity contribution is -0.121. The third-order valence-corrected chi connectivity index (χ3v) is 3.84. The Morgan fingerprint density at radius 1 is 1.22 bits per heavy atom. The molecule has 1 atom stereocenters. The van der Waals surface area contributed by atoms with Crippen LogP contribution in [0.1, 0.15) is 43.4 Å². The molecule has 23 heavy (non-hydrogen) atoms. The molecule has 1 aromatic heterocycles. The van der Waals surface area contributed by atoms with Gasteiger partial charge in [-0.3, -0.25) is 9.78 Å². The molecule has 0 bridgehead atoms. The lowest BCUT2D eigenvalue weighted by atomic mass is 10.1. The van der Waals surface area contributed by atoms with Crippen LogP contribution in [0.5, 0.6) is 5.75 Å². The molecule has 0 spiro atoms. The number of amides is 1. The molecule has 4 heteroatoms. The molecule has 1 amide bonds. The van der Waals surface area contributed by atoms with E-state index in [1.807, 2.05) is 31.2 Å². The van der Waals surface area contributed by atoms with E-state index in [2.05, 4.69) is 22.4 Å².